The lowest BCUT2D eigenvalue weighted by Crippen LogP contribution is -2.52. The lowest BCUT2D eigenvalue weighted by molar-refractivity contribution is -0.129. The number of piperidine rings is 1. The fourth-order valence-electron chi connectivity index (χ4n) is 4.08. The van der Waals surface area contributed by atoms with Crippen LogP contribution >= 0.6 is 11.6 Å². The summed E-state index contributed by atoms with van der Waals surface area (Å²) in [7, 11) is 0. The van der Waals surface area contributed by atoms with Gasteiger partial charge >= 0.3 is 0 Å². The predicted molar refractivity (Wildman–Crippen MR) is 115 cm³/mol. The SMILES string of the molecule is Cc1ccc(/C=C/C(=O)N2CCC3(CC2)CC(=O)c2cc(Cl)cc(C)c2O3)cc1. The molecule has 1 fully saturated rings. The zero-order valence-electron chi connectivity index (χ0n) is 16.7. The minimum Gasteiger partial charge on any atom is -0.486 e. The second-order valence-corrected chi connectivity index (χ2v) is 8.49. The number of halogens is 1. The van der Waals surface area contributed by atoms with Crippen molar-refractivity contribution in [1.82, 2.24) is 4.90 Å². The Hall–Kier alpha value is -2.59. The van der Waals surface area contributed by atoms with Gasteiger partial charge in [0.2, 0.25) is 5.91 Å². The second-order valence-electron chi connectivity index (χ2n) is 8.05. The quantitative estimate of drug-likeness (QED) is 0.656. The predicted octanol–water partition coefficient (Wildman–Crippen LogP) is 5.00. The molecule has 2 aliphatic rings. The number of hydrogen-bond acceptors (Lipinski definition) is 3. The summed E-state index contributed by atoms with van der Waals surface area (Å²) < 4.78 is 6.35. The van der Waals surface area contributed by atoms with E-state index >= 15 is 0 Å². The molecule has 0 aromatic heterocycles. The molecule has 2 aromatic carbocycles. The summed E-state index contributed by atoms with van der Waals surface area (Å²) in [5, 5.41) is 0.551. The third kappa shape index (κ3) is 4.08. The van der Waals surface area contributed by atoms with Crippen molar-refractivity contribution >= 4 is 29.4 Å². The highest BCUT2D eigenvalue weighted by atomic mass is 35.5. The first-order chi connectivity index (χ1) is 13.8. The summed E-state index contributed by atoms with van der Waals surface area (Å²) in [6.45, 7) is 5.10. The fourth-order valence-corrected chi connectivity index (χ4v) is 4.35. The number of fused-ring (bicyclic) bond motifs is 1. The molecule has 0 N–H and O–H groups in total. The Morgan fingerprint density at radius 1 is 1.14 bits per heavy atom. The van der Waals surface area contributed by atoms with E-state index in [4.69, 9.17) is 16.3 Å². The highest BCUT2D eigenvalue weighted by Gasteiger charge is 2.44. The van der Waals surface area contributed by atoms with Crippen LogP contribution in [0.3, 0.4) is 0 Å². The van der Waals surface area contributed by atoms with Crippen LogP contribution in [0.2, 0.25) is 5.02 Å². The zero-order valence-corrected chi connectivity index (χ0v) is 17.5. The highest BCUT2D eigenvalue weighted by molar-refractivity contribution is 6.31. The minimum atomic E-state index is -0.528. The van der Waals surface area contributed by atoms with Crippen molar-refractivity contribution in [2.24, 2.45) is 0 Å². The Morgan fingerprint density at radius 2 is 1.83 bits per heavy atom. The maximum Gasteiger partial charge on any atom is 0.246 e. The molecule has 0 bridgehead atoms. The molecular weight excluding hydrogens is 386 g/mol. The van der Waals surface area contributed by atoms with Crippen LogP contribution in [-0.2, 0) is 4.79 Å². The number of likely N-dealkylation sites (tertiary alicyclic amines) is 1. The number of Topliss-reactive ketones (excluding diaryl/α,β-unsaturated/α-hetero) is 1. The molecule has 0 unspecified atom stereocenters. The van der Waals surface area contributed by atoms with Gasteiger partial charge in [0.25, 0.3) is 0 Å². The van der Waals surface area contributed by atoms with E-state index in [0.717, 1.165) is 11.1 Å². The van der Waals surface area contributed by atoms with E-state index in [0.29, 0.717) is 48.7 Å². The average molecular weight is 410 g/mol. The summed E-state index contributed by atoms with van der Waals surface area (Å²) in [5.41, 5.74) is 3.11. The zero-order chi connectivity index (χ0) is 20.6. The number of nitrogens with zero attached hydrogens (tertiary/aromatic N) is 1. The van der Waals surface area contributed by atoms with Crippen molar-refractivity contribution in [1.29, 1.82) is 0 Å². The molecule has 0 atom stereocenters. The Balaban J connectivity index is 1.43. The monoisotopic (exact) mass is 409 g/mol. The first kappa shape index (κ1) is 19.7. The third-order valence-electron chi connectivity index (χ3n) is 5.82. The van der Waals surface area contributed by atoms with Gasteiger partial charge < -0.3 is 9.64 Å². The third-order valence-corrected chi connectivity index (χ3v) is 6.04. The van der Waals surface area contributed by atoms with Crippen LogP contribution in [0, 0.1) is 13.8 Å². The molecule has 2 heterocycles. The van der Waals surface area contributed by atoms with E-state index in [1.807, 2.05) is 55.2 Å². The number of benzene rings is 2. The smallest absolute Gasteiger partial charge is 0.246 e. The molecule has 4 rings (SSSR count). The Kier molecular flexibility index (Phi) is 5.22. The number of hydrogen-bond donors (Lipinski definition) is 0. The molecular formula is C24H24ClNO3. The van der Waals surface area contributed by atoms with Crippen LogP contribution in [0.1, 0.15) is 46.3 Å². The molecule has 5 heteroatoms. The van der Waals surface area contributed by atoms with Crippen LogP contribution in [0.15, 0.2) is 42.5 Å². The molecule has 1 amide bonds. The highest BCUT2D eigenvalue weighted by Crippen LogP contribution is 2.42. The van der Waals surface area contributed by atoms with E-state index in [-0.39, 0.29) is 11.7 Å². The van der Waals surface area contributed by atoms with E-state index in [9.17, 15) is 9.59 Å². The van der Waals surface area contributed by atoms with Crippen molar-refractivity contribution in [2.75, 3.05) is 13.1 Å². The Bertz CT molecular complexity index is 986. The summed E-state index contributed by atoms with van der Waals surface area (Å²) in [6.07, 6.45) is 5.09. The summed E-state index contributed by atoms with van der Waals surface area (Å²) in [6, 6.07) is 11.6. The van der Waals surface area contributed by atoms with Gasteiger partial charge in [0.05, 0.1) is 12.0 Å². The van der Waals surface area contributed by atoms with Crippen LogP contribution in [0.25, 0.3) is 6.08 Å². The number of aryl methyl sites for hydroxylation is 2. The van der Waals surface area contributed by atoms with Crippen LogP contribution in [0.5, 0.6) is 5.75 Å². The molecule has 0 aliphatic carbocycles. The molecule has 0 radical (unpaired) electrons. The van der Waals surface area contributed by atoms with E-state index < -0.39 is 5.60 Å². The first-order valence-corrected chi connectivity index (χ1v) is 10.3. The standard InChI is InChI=1S/C24H24ClNO3/c1-16-3-5-18(6-4-16)7-8-22(28)26-11-9-24(10-12-26)15-21(27)20-14-19(25)13-17(2)23(20)29-24/h3-8,13-14H,9-12,15H2,1-2H3/b8-7+. The fraction of sp³-hybridized carbons (Fsp3) is 0.333. The summed E-state index contributed by atoms with van der Waals surface area (Å²) in [4.78, 5) is 27.1. The lowest BCUT2D eigenvalue weighted by Gasteiger charge is -2.44. The topological polar surface area (TPSA) is 46.6 Å². The molecule has 29 heavy (non-hydrogen) atoms. The van der Waals surface area contributed by atoms with Crippen molar-refractivity contribution in [3.8, 4) is 5.75 Å². The van der Waals surface area contributed by atoms with Crippen molar-refractivity contribution in [3.63, 3.8) is 0 Å². The van der Waals surface area contributed by atoms with Crippen molar-refractivity contribution in [3.05, 3.63) is 69.8 Å². The number of ether oxygens (including phenoxy) is 1. The van der Waals surface area contributed by atoms with E-state index in [1.54, 1.807) is 12.1 Å². The van der Waals surface area contributed by atoms with Gasteiger partial charge in [-0.2, -0.15) is 0 Å². The first-order valence-electron chi connectivity index (χ1n) is 9.91. The van der Waals surface area contributed by atoms with Gasteiger partial charge in [-0.25, -0.2) is 0 Å². The second kappa shape index (κ2) is 7.68. The Morgan fingerprint density at radius 3 is 2.52 bits per heavy atom. The lowest BCUT2D eigenvalue weighted by atomic mass is 9.82. The molecule has 0 saturated carbocycles. The van der Waals surface area contributed by atoms with Gasteiger partial charge in [0.1, 0.15) is 11.4 Å². The van der Waals surface area contributed by atoms with E-state index in [1.165, 1.54) is 5.56 Å². The normalized spacial score (nSPS) is 18.0. The van der Waals surface area contributed by atoms with Crippen LogP contribution < -0.4 is 4.74 Å². The van der Waals surface area contributed by atoms with Gasteiger partial charge in [0, 0.05) is 37.0 Å². The number of rotatable bonds is 2. The minimum absolute atomic E-state index is 0.00840. The van der Waals surface area contributed by atoms with Gasteiger partial charge in [-0.1, -0.05) is 41.4 Å². The van der Waals surface area contributed by atoms with Crippen molar-refractivity contribution < 1.29 is 14.3 Å². The number of amides is 1. The molecule has 4 nitrogen and oxygen atoms in total. The van der Waals surface area contributed by atoms with Crippen LogP contribution in [-0.4, -0.2) is 35.3 Å². The molecule has 2 aromatic rings. The summed E-state index contributed by atoms with van der Waals surface area (Å²) >= 11 is 6.10. The van der Waals surface area contributed by atoms with Gasteiger partial charge in [-0.05, 0) is 43.2 Å². The number of ketones is 1. The number of carbonyl (C=O) groups is 2. The van der Waals surface area contributed by atoms with Gasteiger partial charge in [0.15, 0.2) is 5.78 Å². The number of carbonyl (C=O) groups excluding carboxylic acids is 2. The van der Waals surface area contributed by atoms with Crippen LogP contribution in [0.4, 0.5) is 0 Å². The van der Waals surface area contributed by atoms with Crippen molar-refractivity contribution in [2.45, 2.75) is 38.7 Å². The summed E-state index contributed by atoms with van der Waals surface area (Å²) in [5.74, 6) is 0.700. The average Bonchev–Trinajstić information content (AvgIpc) is 2.69. The maximum atomic E-state index is 12.7. The largest absolute Gasteiger partial charge is 0.486 e. The van der Waals surface area contributed by atoms with E-state index in [2.05, 4.69) is 0 Å². The van der Waals surface area contributed by atoms with Gasteiger partial charge in [-0.3, -0.25) is 9.59 Å². The van der Waals surface area contributed by atoms with Gasteiger partial charge in [-0.15, -0.1) is 0 Å². The molecule has 150 valence electrons. The Labute approximate surface area is 176 Å². The maximum absolute atomic E-state index is 12.7. The molecule has 1 saturated heterocycles. The molecule has 2 aliphatic heterocycles. The molecule has 1 spiro atoms.